The number of rotatable bonds is 3. The van der Waals surface area contributed by atoms with E-state index < -0.39 is 5.97 Å². The van der Waals surface area contributed by atoms with Gasteiger partial charge in [0.1, 0.15) is 11.8 Å². The van der Waals surface area contributed by atoms with Crippen LogP contribution in [-0.4, -0.2) is 15.6 Å². The van der Waals surface area contributed by atoms with Crippen LogP contribution in [0.3, 0.4) is 0 Å². The molecular formula is C15H8Cl2N2O3. The molecule has 3 aromatic rings. The summed E-state index contributed by atoms with van der Waals surface area (Å²) in [5.41, 5.74) is 1.76. The van der Waals surface area contributed by atoms with Crippen molar-refractivity contribution >= 4 is 40.3 Å². The van der Waals surface area contributed by atoms with Crippen molar-refractivity contribution < 1.29 is 14.3 Å². The van der Waals surface area contributed by atoms with Crippen LogP contribution < -0.4 is 0 Å². The molecule has 0 saturated heterocycles. The van der Waals surface area contributed by atoms with Gasteiger partial charge in [-0.1, -0.05) is 29.3 Å². The predicted octanol–water partition coefficient (Wildman–Crippen LogP) is 4.16. The minimum atomic E-state index is -1.08. The summed E-state index contributed by atoms with van der Waals surface area (Å²) in [5, 5.41) is 19.0. The van der Waals surface area contributed by atoms with E-state index in [2.05, 4.69) is 0 Å². The van der Waals surface area contributed by atoms with E-state index in [1.54, 1.807) is 22.8 Å². The van der Waals surface area contributed by atoms with Gasteiger partial charge in [-0.25, -0.2) is 4.79 Å². The molecule has 3 rings (SSSR count). The Labute approximate surface area is 134 Å². The normalized spacial score (nSPS) is 10.8. The SMILES string of the molecule is N#Cc1cc2c(cc(C(=O)O)n2Cc2ccc(Cl)c(Cl)c2)o1. The molecule has 0 atom stereocenters. The summed E-state index contributed by atoms with van der Waals surface area (Å²) < 4.78 is 6.83. The fourth-order valence-electron chi connectivity index (χ4n) is 2.26. The molecule has 110 valence electrons. The van der Waals surface area contributed by atoms with Gasteiger partial charge >= 0.3 is 5.97 Å². The molecule has 2 heterocycles. The third-order valence-electron chi connectivity index (χ3n) is 3.24. The van der Waals surface area contributed by atoms with Crippen LogP contribution in [-0.2, 0) is 6.54 Å². The average Bonchev–Trinajstić information content (AvgIpc) is 3.01. The number of aromatic nitrogens is 1. The molecule has 0 amide bonds. The molecule has 1 aromatic carbocycles. The van der Waals surface area contributed by atoms with E-state index in [9.17, 15) is 9.90 Å². The van der Waals surface area contributed by atoms with Crippen molar-refractivity contribution in [2.24, 2.45) is 0 Å². The first-order valence-electron chi connectivity index (χ1n) is 6.20. The maximum atomic E-state index is 11.4. The van der Waals surface area contributed by atoms with Gasteiger partial charge in [-0.05, 0) is 17.7 Å². The van der Waals surface area contributed by atoms with Crippen LogP contribution in [0.4, 0.5) is 0 Å². The molecule has 0 bridgehead atoms. The van der Waals surface area contributed by atoms with Gasteiger partial charge in [-0.3, -0.25) is 0 Å². The number of benzene rings is 1. The first-order valence-corrected chi connectivity index (χ1v) is 6.95. The molecule has 0 fully saturated rings. The number of carboxylic acids is 1. The van der Waals surface area contributed by atoms with Crippen LogP contribution in [0.1, 0.15) is 21.8 Å². The van der Waals surface area contributed by atoms with Gasteiger partial charge in [-0.15, -0.1) is 0 Å². The van der Waals surface area contributed by atoms with Gasteiger partial charge in [0, 0.05) is 18.7 Å². The molecule has 0 unspecified atom stereocenters. The number of carbonyl (C=O) groups is 1. The number of hydrogen-bond donors (Lipinski definition) is 1. The van der Waals surface area contributed by atoms with Gasteiger partial charge in [0.15, 0.2) is 5.58 Å². The van der Waals surface area contributed by atoms with E-state index in [4.69, 9.17) is 32.9 Å². The summed E-state index contributed by atoms with van der Waals surface area (Å²) in [6.45, 7) is 0.270. The molecular weight excluding hydrogens is 327 g/mol. The second-order valence-corrected chi connectivity index (χ2v) is 5.46. The fraction of sp³-hybridized carbons (Fsp3) is 0.0667. The van der Waals surface area contributed by atoms with Crippen LogP contribution in [0.25, 0.3) is 11.1 Å². The molecule has 0 radical (unpaired) electrons. The highest BCUT2D eigenvalue weighted by molar-refractivity contribution is 6.42. The highest BCUT2D eigenvalue weighted by Crippen LogP contribution is 2.27. The summed E-state index contributed by atoms with van der Waals surface area (Å²) in [6.07, 6.45) is 0. The summed E-state index contributed by atoms with van der Waals surface area (Å²) in [6, 6.07) is 9.89. The predicted molar refractivity (Wildman–Crippen MR) is 81.4 cm³/mol. The van der Waals surface area contributed by atoms with Gasteiger partial charge in [0.25, 0.3) is 0 Å². The molecule has 7 heteroatoms. The lowest BCUT2D eigenvalue weighted by Gasteiger charge is -2.08. The molecule has 5 nitrogen and oxygen atoms in total. The Kier molecular flexibility index (Phi) is 3.57. The third-order valence-corrected chi connectivity index (χ3v) is 3.98. The molecule has 0 aliphatic carbocycles. The minimum Gasteiger partial charge on any atom is -0.477 e. The van der Waals surface area contributed by atoms with E-state index >= 15 is 0 Å². The van der Waals surface area contributed by atoms with Crippen LogP contribution in [0.2, 0.25) is 10.0 Å². The number of nitrogens with zero attached hydrogens (tertiary/aromatic N) is 2. The Hall–Kier alpha value is -2.42. The van der Waals surface area contributed by atoms with E-state index in [1.165, 1.54) is 12.1 Å². The molecule has 0 aliphatic rings. The van der Waals surface area contributed by atoms with Crippen molar-refractivity contribution in [3.05, 3.63) is 57.4 Å². The molecule has 0 spiro atoms. The van der Waals surface area contributed by atoms with E-state index in [0.717, 1.165) is 5.56 Å². The Morgan fingerprint density at radius 2 is 2.05 bits per heavy atom. The first kappa shape index (κ1) is 14.5. The second kappa shape index (κ2) is 5.41. The van der Waals surface area contributed by atoms with E-state index in [0.29, 0.717) is 21.1 Å². The fourth-order valence-corrected chi connectivity index (χ4v) is 2.59. The molecule has 0 aliphatic heterocycles. The van der Waals surface area contributed by atoms with Crippen molar-refractivity contribution in [1.82, 2.24) is 4.57 Å². The summed E-state index contributed by atoms with van der Waals surface area (Å²) in [7, 11) is 0. The lowest BCUT2D eigenvalue weighted by Crippen LogP contribution is -2.09. The zero-order valence-electron chi connectivity index (χ0n) is 11.0. The first-order chi connectivity index (χ1) is 10.5. The summed E-state index contributed by atoms with van der Waals surface area (Å²) in [5.74, 6) is -0.949. The molecule has 2 aromatic heterocycles. The second-order valence-electron chi connectivity index (χ2n) is 4.64. The average molecular weight is 335 g/mol. The van der Waals surface area contributed by atoms with Gasteiger partial charge in [-0.2, -0.15) is 5.26 Å². The van der Waals surface area contributed by atoms with Crippen molar-refractivity contribution in [1.29, 1.82) is 5.26 Å². The maximum Gasteiger partial charge on any atom is 0.352 e. The number of aromatic carboxylic acids is 1. The Morgan fingerprint density at radius 3 is 2.68 bits per heavy atom. The van der Waals surface area contributed by atoms with Crippen molar-refractivity contribution in [3.8, 4) is 6.07 Å². The number of hydrogen-bond acceptors (Lipinski definition) is 3. The topological polar surface area (TPSA) is 79.2 Å². The lowest BCUT2D eigenvalue weighted by molar-refractivity contribution is 0.0686. The highest BCUT2D eigenvalue weighted by Gasteiger charge is 2.18. The lowest BCUT2D eigenvalue weighted by atomic mass is 10.2. The van der Waals surface area contributed by atoms with Crippen LogP contribution >= 0.6 is 23.2 Å². The van der Waals surface area contributed by atoms with Crippen molar-refractivity contribution in [2.45, 2.75) is 6.54 Å². The van der Waals surface area contributed by atoms with Gasteiger partial charge < -0.3 is 14.1 Å². The smallest absolute Gasteiger partial charge is 0.352 e. The van der Waals surface area contributed by atoms with E-state index in [1.807, 2.05) is 6.07 Å². The maximum absolute atomic E-state index is 11.4. The third kappa shape index (κ3) is 2.43. The quantitative estimate of drug-likeness (QED) is 0.779. The van der Waals surface area contributed by atoms with Crippen molar-refractivity contribution in [3.63, 3.8) is 0 Å². The molecule has 22 heavy (non-hydrogen) atoms. The zero-order chi connectivity index (χ0) is 15.9. The Balaban J connectivity index is 2.12. The Morgan fingerprint density at radius 1 is 1.27 bits per heavy atom. The minimum absolute atomic E-state index is 0.0734. The number of nitriles is 1. The van der Waals surface area contributed by atoms with Crippen LogP contribution in [0.15, 0.2) is 34.7 Å². The standard InChI is InChI=1S/C15H8Cl2N2O3/c16-10-2-1-8(3-11(10)17)7-19-12-4-9(6-18)22-14(12)5-13(19)15(20)21/h1-5H,7H2,(H,20,21). The molecule has 0 saturated carbocycles. The van der Waals surface area contributed by atoms with Gasteiger partial charge in [0.05, 0.1) is 15.6 Å². The largest absolute Gasteiger partial charge is 0.477 e. The number of carboxylic acid groups (broad SMARTS) is 1. The number of furan rings is 1. The number of halogens is 2. The highest BCUT2D eigenvalue weighted by atomic mass is 35.5. The monoisotopic (exact) mass is 334 g/mol. The zero-order valence-corrected chi connectivity index (χ0v) is 12.5. The van der Waals surface area contributed by atoms with Crippen LogP contribution in [0.5, 0.6) is 0 Å². The van der Waals surface area contributed by atoms with E-state index in [-0.39, 0.29) is 18.0 Å². The van der Waals surface area contributed by atoms with Crippen LogP contribution in [0, 0.1) is 11.3 Å². The molecule has 1 N–H and O–H groups in total. The summed E-state index contributed by atoms with van der Waals surface area (Å²) >= 11 is 11.9. The number of fused-ring (bicyclic) bond motifs is 1. The van der Waals surface area contributed by atoms with Crippen molar-refractivity contribution in [2.75, 3.05) is 0 Å². The van der Waals surface area contributed by atoms with Gasteiger partial charge in [0.2, 0.25) is 5.76 Å². The Bertz CT molecular complexity index is 934. The summed E-state index contributed by atoms with van der Waals surface area (Å²) in [4.78, 5) is 11.4.